The van der Waals surface area contributed by atoms with Crippen molar-refractivity contribution >= 4 is 17.2 Å². The van der Waals surface area contributed by atoms with Crippen LogP contribution in [0.1, 0.15) is 54.8 Å². The van der Waals surface area contributed by atoms with Gasteiger partial charge in [0.15, 0.2) is 5.76 Å². The predicted molar refractivity (Wildman–Crippen MR) is 92.7 cm³/mol. The first-order valence-electron chi connectivity index (χ1n) is 8.39. The molecule has 1 saturated heterocycles. The van der Waals surface area contributed by atoms with Crippen LogP contribution >= 0.6 is 11.3 Å². The van der Waals surface area contributed by atoms with Crippen molar-refractivity contribution in [2.75, 3.05) is 13.1 Å². The maximum absolute atomic E-state index is 12.3. The molecule has 3 rings (SSSR count). The minimum Gasteiger partial charge on any atom is -0.459 e. The molecular formula is C18H24N2O2S. The zero-order valence-electron chi connectivity index (χ0n) is 13.5. The van der Waals surface area contributed by atoms with Crippen LogP contribution in [0.5, 0.6) is 0 Å². The molecule has 0 saturated carbocycles. The molecule has 23 heavy (non-hydrogen) atoms. The van der Waals surface area contributed by atoms with Crippen LogP contribution in [0, 0.1) is 0 Å². The van der Waals surface area contributed by atoms with Gasteiger partial charge in [0.05, 0.1) is 6.26 Å². The van der Waals surface area contributed by atoms with Crippen molar-refractivity contribution in [3.8, 4) is 0 Å². The van der Waals surface area contributed by atoms with Crippen molar-refractivity contribution in [3.05, 3.63) is 46.5 Å². The van der Waals surface area contributed by atoms with Gasteiger partial charge in [-0.3, -0.25) is 4.79 Å². The summed E-state index contributed by atoms with van der Waals surface area (Å²) in [5.41, 5.74) is 1.39. The van der Waals surface area contributed by atoms with Crippen LogP contribution < -0.4 is 5.32 Å². The molecule has 1 amide bonds. The molecule has 2 aromatic rings. The maximum Gasteiger partial charge on any atom is 0.289 e. The number of amides is 1. The molecule has 2 aromatic heterocycles. The number of nitrogens with zero attached hydrogens (tertiary/aromatic N) is 1. The summed E-state index contributed by atoms with van der Waals surface area (Å²) in [5, 5.41) is 8.18. The number of carbonyl (C=O) groups excluding carboxylic acids is 1. The molecule has 0 aromatic carbocycles. The molecular weight excluding hydrogens is 308 g/mol. The van der Waals surface area contributed by atoms with Gasteiger partial charge in [-0.2, -0.15) is 11.3 Å². The van der Waals surface area contributed by atoms with E-state index in [0.717, 1.165) is 32.4 Å². The summed E-state index contributed by atoms with van der Waals surface area (Å²) >= 11 is 1.76. The molecule has 4 nitrogen and oxygen atoms in total. The highest BCUT2D eigenvalue weighted by atomic mass is 32.1. The van der Waals surface area contributed by atoms with Gasteiger partial charge in [0.1, 0.15) is 0 Å². The van der Waals surface area contributed by atoms with Gasteiger partial charge < -0.3 is 14.6 Å². The van der Waals surface area contributed by atoms with Gasteiger partial charge in [0, 0.05) is 25.2 Å². The maximum atomic E-state index is 12.3. The van der Waals surface area contributed by atoms with E-state index < -0.39 is 0 Å². The Morgan fingerprint density at radius 2 is 2.26 bits per heavy atom. The smallest absolute Gasteiger partial charge is 0.289 e. The summed E-state index contributed by atoms with van der Waals surface area (Å²) in [6.07, 6.45) is 5.87. The highest BCUT2D eigenvalue weighted by Crippen LogP contribution is 2.24. The average Bonchev–Trinajstić information content (AvgIpc) is 3.28. The molecule has 5 heteroatoms. The Kier molecular flexibility index (Phi) is 5.51. The van der Waals surface area contributed by atoms with Crippen molar-refractivity contribution in [2.24, 2.45) is 0 Å². The summed E-state index contributed by atoms with van der Waals surface area (Å²) in [4.78, 5) is 14.2. The number of furan rings is 1. The van der Waals surface area contributed by atoms with Gasteiger partial charge in [-0.15, -0.1) is 0 Å². The molecule has 0 unspecified atom stereocenters. The standard InChI is InChI=1S/C18H24N2O2S/c1-2-4-16(14-8-12-23-13-14)19-15-6-9-20(10-7-15)18(21)17-5-3-11-22-17/h3,5,8,11-13,15-16,19H,2,4,6-7,9-10H2,1H3/t16-/m1/s1. The lowest BCUT2D eigenvalue weighted by atomic mass is 9.99. The Hall–Kier alpha value is -1.59. The van der Waals surface area contributed by atoms with Gasteiger partial charge in [-0.05, 0) is 53.8 Å². The summed E-state index contributed by atoms with van der Waals surface area (Å²) in [6.45, 7) is 3.81. The van der Waals surface area contributed by atoms with Crippen LogP contribution in [0.4, 0.5) is 0 Å². The van der Waals surface area contributed by atoms with Crippen molar-refractivity contribution < 1.29 is 9.21 Å². The fourth-order valence-corrected chi connectivity index (χ4v) is 3.91. The second-order valence-corrected chi connectivity index (χ2v) is 6.89. The zero-order valence-corrected chi connectivity index (χ0v) is 14.3. The molecule has 0 aliphatic carbocycles. The van der Waals surface area contributed by atoms with Crippen LogP contribution in [-0.4, -0.2) is 29.9 Å². The Morgan fingerprint density at radius 3 is 2.87 bits per heavy atom. The monoisotopic (exact) mass is 332 g/mol. The quantitative estimate of drug-likeness (QED) is 0.867. The zero-order chi connectivity index (χ0) is 16.1. The molecule has 0 bridgehead atoms. The summed E-state index contributed by atoms with van der Waals surface area (Å²) in [5.74, 6) is 0.454. The fourth-order valence-electron chi connectivity index (χ4n) is 3.20. The predicted octanol–water partition coefficient (Wildman–Crippen LogP) is 4.08. The third-order valence-corrected chi connectivity index (χ3v) is 5.18. The van der Waals surface area contributed by atoms with Gasteiger partial charge in [-0.1, -0.05) is 13.3 Å². The van der Waals surface area contributed by atoms with E-state index in [1.165, 1.54) is 12.0 Å². The van der Waals surface area contributed by atoms with Crippen LogP contribution in [0.25, 0.3) is 0 Å². The Morgan fingerprint density at radius 1 is 1.43 bits per heavy atom. The number of hydrogen-bond donors (Lipinski definition) is 1. The lowest BCUT2D eigenvalue weighted by Gasteiger charge is -2.34. The topological polar surface area (TPSA) is 45.5 Å². The second-order valence-electron chi connectivity index (χ2n) is 6.11. The Bertz CT molecular complexity index is 587. The van der Waals surface area contributed by atoms with E-state index in [1.54, 1.807) is 29.7 Å². The van der Waals surface area contributed by atoms with E-state index in [-0.39, 0.29) is 5.91 Å². The molecule has 1 N–H and O–H groups in total. The SMILES string of the molecule is CCC[C@@H](NC1CCN(C(=O)c2ccco2)CC1)c1ccsc1. The third-order valence-electron chi connectivity index (χ3n) is 4.47. The Labute approximate surface area is 141 Å². The van der Waals surface area contributed by atoms with E-state index in [0.29, 0.717) is 17.8 Å². The van der Waals surface area contributed by atoms with Gasteiger partial charge in [0.2, 0.25) is 0 Å². The van der Waals surface area contributed by atoms with Crippen LogP contribution in [0.2, 0.25) is 0 Å². The number of rotatable bonds is 6. The van der Waals surface area contributed by atoms with Crippen LogP contribution in [0.3, 0.4) is 0 Å². The van der Waals surface area contributed by atoms with Crippen molar-refractivity contribution in [2.45, 2.75) is 44.7 Å². The molecule has 3 heterocycles. The molecule has 0 radical (unpaired) electrons. The van der Waals surface area contributed by atoms with Gasteiger partial charge in [0.25, 0.3) is 5.91 Å². The van der Waals surface area contributed by atoms with E-state index in [4.69, 9.17) is 4.42 Å². The first-order valence-corrected chi connectivity index (χ1v) is 9.33. The molecule has 1 fully saturated rings. The Balaban J connectivity index is 1.53. The van der Waals surface area contributed by atoms with E-state index in [2.05, 4.69) is 29.1 Å². The summed E-state index contributed by atoms with van der Waals surface area (Å²) in [6, 6.07) is 6.63. The lowest BCUT2D eigenvalue weighted by Crippen LogP contribution is -2.45. The molecule has 1 aliphatic heterocycles. The van der Waals surface area contributed by atoms with E-state index in [1.807, 2.05) is 4.90 Å². The number of thiophene rings is 1. The van der Waals surface area contributed by atoms with E-state index in [9.17, 15) is 4.79 Å². The number of hydrogen-bond acceptors (Lipinski definition) is 4. The third kappa shape index (κ3) is 4.03. The lowest BCUT2D eigenvalue weighted by molar-refractivity contribution is 0.0669. The number of likely N-dealkylation sites (tertiary alicyclic amines) is 1. The van der Waals surface area contributed by atoms with Gasteiger partial charge >= 0.3 is 0 Å². The average molecular weight is 332 g/mol. The first-order chi connectivity index (χ1) is 11.3. The molecule has 1 aliphatic rings. The molecule has 1 atom stereocenters. The number of piperidine rings is 1. The minimum atomic E-state index is 0.0105. The highest BCUT2D eigenvalue weighted by Gasteiger charge is 2.26. The fraction of sp³-hybridized carbons (Fsp3) is 0.500. The first kappa shape index (κ1) is 16.3. The number of nitrogens with one attached hydrogen (secondary N) is 1. The molecule has 124 valence electrons. The summed E-state index contributed by atoms with van der Waals surface area (Å²) < 4.78 is 5.22. The van der Waals surface area contributed by atoms with Crippen LogP contribution in [0.15, 0.2) is 39.6 Å². The highest BCUT2D eigenvalue weighted by molar-refractivity contribution is 7.07. The normalized spacial score (nSPS) is 17.3. The van der Waals surface area contributed by atoms with Crippen molar-refractivity contribution in [1.29, 1.82) is 0 Å². The van der Waals surface area contributed by atoms with Crippen molar-refractivity contribution in [1.82, 2.24) is 10.2 Å². The second kappa shape index (κ2) is 7.79. The van der Waals surface area contributed by atoms with E-state index >= 15 is 0 Å². The number of carbonyl (C=O) groups is 1. The summed E-state index contributed by atoms with van der Waals surface area (Å²) in [7, 11) is 0. The largest absolute Gasteiger partial charge is 0.459 e. The van der Waals surface area contributed by atoms with Crippen molar-refractivity contribution in [3.63, 3.8) is 0 Å². The van der Waals surface area contributed by atoms with Crippen LogP contribution in [-0.2, 0) is 0 Å². The minimum absolute atomic E-state index is 0.0105. The molecule has 0 spiro atoms. The van der Waals surface area contributed by atoms with Gasteiger partial charge in [-0.25, -0.2) is 0 Å².